The van der Waals surface area contributed by atoms with Crippen molar-refractivity contribution in [3.05, 3.63) is 120 Å². The summed E-state index contributed by atoms with van der Waals surface area (Å²) in [6, 6.07) is 30.4. The van der Waals surface area contributed by atoms with Crippen molar-refractivity contribution in [2.24, 2.45) is 5.10 Å². The number of anilines is 1. The van der Waals surface area contributed by atoms with Crippen LogP contribution < -0.4 is 19.2 Å². The van der Waals surface area contributed by atoms with Gasteiger partial charge in [-0.2, -0.15) is 10.4 Å². The zero-order chi connectivity index (χ0) is 28.4. The molecule has 40 heavy (non-hydrogen) atoms. The van der Waals surface area contributed by atoms with E-state index >= 15 is 0 Å². The van der Waals surface area contributed by atoms with Gasteiger partial charge >= 0.3 is 0 Å². The van der Waals surface area contributed by atoms with Crippen LogP contribution in [0.15, 0.2) is 113 Å². The van der Waals surface area contributed by atoms with E-state index in [0.717, 1.165) is 5.56 Å². The number of sulfonamides is 1. The summed E-state index contributed by atoms with van der Waals surface area (Å²) < 4.78 is 39.4. The van der Waals surface area contributed by atoms with Gasteiger partial charge in [0.15, 0.2) is 6.61 Å². The van der Waals surface area contributed by atoms with Gasteiger partial charge in [-0.1, -0.05) is 42.5 Å². The highest BCUT2D eigenvalue weighted by molar-refractivity contribution is 7.92. The highest BCUT2D eigenvalue weighted by atomic mass is 32.2. The average molecular weight is 555 g/mol. The van der Waals surface area contributed by atoms with E-state index in [1.54, 1.807) is 60.7 Å². The largest absolute Gasteiger partial charge is 0.497 e. The van der Waals surface area contributed by atoms with Gasteiger partial charge in [-0.05, 0) is 71.8 Å². The first kappa shape index (κ1) is 27.9. The standard InChI is InChI=1S/C30H26N4O5S/c1-38-25-15-17-27(18-16-25)40(36,37)34(22-24-7-3-2-4-8-24)29-10-6-5-9-28(29)30(35)33-32-21-23-11-13-26(14-12-23)39-20-19-31/h2-18,21H,20,22H2,1H3,(H,33,35)/b32-21+. The number of hydrazone groups is 1. The molecule has 202 valence electrons. The second-order valence-corrected chi connectivity index (χ2v) is 10.3. The van der Waals surface area contributed by atoms with E-state index in [1.165, 1.54) is 29.8 Å². The first-order valence-electron chi connectivity index (χ1n) is 12.2. The summed E-state index contributed by atoms with van der Waals surface area (Å²) >= 11 is 0. The summed E-state index contributed by atoms with van der Waals surface area (Å²) in [5.74, 6) is 0.479. The lowest BCUT2D eigenvalue weighted by molar-refractivity contribution is 0.0955. The molecule has 0 saturated heterocycles. The molecule has 0 radical (unpaired) electrons. The molecule has 0 aliphatic heterocycles. The summed E-state index contributed by atoms with van der Waals surface area (Å²) in [4.78, 5) is 13.3. The van der Waals surface area contributed by atoms with Crippen LogP contribution in [0.2, 0.25) is 0 Å². The van der Waals surface area contributed by atoms with Crippen LogP contribution >= 0.6 is 0 Å². The van der Waals surface area contributed by atoms with Gasteiger partial charge in [-0.15, -0.1) is 0 Å². The number of rotatable bonds is 11. The SMILES string of the molecule is COc1ccc(S(=O)(=O)N(Cc2ccccc2)c2ccccc2C(=O)N/N=C/c2ccc(OCC#N)cc2)cc1. The third-order valence-corrected chi connectivity index (χ3v) is 7.57. The predicted molar refractivity (Wildman–Crippen MR) is 152 cm³/mol. The zero-order valence-corrected chi connectivity index (χ0v) is 22.4. The molecule has 0 spiro atoms. The van der Waals surface area contributed by atoms with Crippen LogP contribution in [0, 0.1) is 11.3 Å². The number of hydrogen-bond acceptors (Lipinski definition) is 7. The van der Waals surface area contributed by atoms with Crippen LogP contribution in [0.1, 0.15) is 21.5 Å². The minimum Gasteiger partial charge on any atom is -0.497 e. The number of amides is 1. The maximum absolute atomic E-state index is 13.9. The van der Waals surface area contributed by atoms with Crippen molar-refractivity contribution < 1.29 is 22.7 Å². The normalized spacial score (nSPS) is 11.0. The number of hydrogen-bond donors (Lipinski definition) is 1. The summed E-state index contributed by atoms with van der Waals surface area (Å²) in [5, 5.41) is 12.7. The van der Waals surface area contributed by atoms with Crippen LogP contribution in [-0.4, -0.2) is 34.3 Å². The number of nitrogens with one attached hydrogen (secondary N) is 1. The number of benzene rings is 4. The Bertz CT molecular complexity index is 1620. The molecule has 9 nitrogen and oxygen atoms in total. The third-order valence-electron chi connectivity index (χ3n) is 5.80. The van der Waals surface area contributed by atoms with Gasteiger partial charge < -0.3 is 9.47 Å². The maximum Gasteiger partial charge on any atom is 0.273 e. The lowest BCUT2D eigenvalue weighted by Gasteiger charge is -2.26. The topological polar surface area (TPSA) is 121 Å². The minimum absolute atomic E-state index is 0.00296. The van der Waals surface area contributed by atoms with Crippen LogP contribution in [0.5, 0.6) is 11.5 Å². The van der Waals surface area contributed by atoms with E-state index in [2.05, 4.69) is 10.5 Å². The van der Waals surface area contributed by atoms with E-state index in [0.29, 0.717) is 17.1 Å². The van der Waals surface area contributed by atoms with E-state index in [4.69, 9.17) is 14.7 Å². The molecule has 0 saturated carbocycles. The van der Waals surface area contributed by atoms with Gasteiger partial charge in [0.05, 0.1) is 36.0 Å². The second kappa shape index (κ2) is 13.1. The molecule has 0 aromatic heterocycles. The van der Waals surface area contributed by atoms with Gasteiger partial charge in [0.25, 0.3) is 15.9 Å². The fraction of sp³-hybridized carbons (Fsp3) is 0.100. The van der Waals surface area contributed by atoms with Crippen molar-refractivity contribution in [2.75, 3.05) is 18.0 Å². The Labute approximate surface area is 233 Å². The average Bonchev–Trinajstić information content (AvgIpc) is 3.00. The van der Waals surface area contributed by atoms with Crippen LogP contribution in [0.25, 0.3) is 0 Å². The molecule has 4 rings (SSSR count). The lowest BCUT2D eigenvalue weighted by atomic mass is 10.1. The van der Waals surface area contributed by atoms with Gasteiger partial charge in [-0.3, -0.25) is 9.10 Å². The minimum atomic E-state index is -4.08. The molecule has 0 aliphatic rings. The molecular formula is C30H26N4O5S. The molecule has 0 bridgehead atoms. The monoisotopic (exact) mass is 554 g/mol. The van der Waals surface area contributed by atoms with Crippen LogP contribution in [-0.2, 0) is 16.6 Å². The quantitative estimate of drug-likeness (QED) is 0.211. The van der Waals surface area contributed by atoms with Gasteiger partial charge in [-0.25, -0.2) is 13.8 Å². The number of para-hydroxylation sites is 1. The Morgan fingerprint density at radius 1 is 0.925 bits per heavy atom. The number of ether oxygens (including phenoxy) is 2. The summed E-state index contributed by atoms with van der Waals surface area (Å²) in [7, 11) is -2.58. The van der Waals surface area contributed by atoms with Gasteiger partial charge in [0.2, 0.25) is 0 Å². The second-order valence-electron chi connectivity index (χ2n) is 8.40. The van der Waals surface area contributed by atoms with Crippen molar-refractivity contribution in [3.63, 3.8) is 0 Å². The van der Waals surface area contributed by atoms with E-state index in [1.807, 2.05) is 36.4 Å². The lowest BCUT2D eigenvalue weighted by Crippen LogP contribution is -2.33. The predicted octanol–water partition coefficient (Wildman–Crippen LogP) is 4.76. The molecule has 10 heteroatoms. The van der Waals surface area contributed by atoms with Gasteiger partial charge in [0.1, 0.15) is 17.6 Å². The molecule has 0 aliphatic carbocycles. The molecule has 0 fully saturated rings. The Morgan fingerprint density at radius 3 is 2.25 bits per heavy atom. The Balaban J connectivity index is 1.62. The Morgan fingerprint density at radius 2 is 1.57 bits per heavy atom. The Hall–Kier alpha value is -5.14. The maximum atomic E-state index is 13.9. The van der Waals surface area contributed by atoms with E-state index in [9.17, 15) is 13.2 Å². The first-order valence-corrected chi connectivity index (χ1v) is 13.6. The third kappa shape index (κ3) is 6.83. The van der Waals surface area contributed by atoms with Crippen LogP contribution in [0.4, 0.5) is 5.69 Å². The number of nitrogens with zero attached hydrogens (tertiary/aromatic N) is 3. The summed E-state index contributed by atoms with van der Waals surface area (Å²) in [6.45, 7) is -0.0542. The van der Waals surface area contributed by atoms with Crippen LogP contribution in [0.3, 0.4) is 0 Å². The molecule has 4 aromatic carbocycles. The Kier molecular flexibility index (Phi) is 9.12. The van der Waals surface area contributed by atoms with Gasteiger partial charge in [0, 0.05) is 0 Å². The number of carbonyl (C=O) groups is 1. The van der Waals surface area contributed by atoms with Crippen molar-refractivity contribution >= 4 is 27.8 Å². The molecule has 4 aromatic rings. The van der Waals surface area contributed by atoms with Crippen molar-refractivity contribution in [1.82, 2.24) is 5.43 Å². The number of methoxy groups -OCH3 is 1. The summed E-state index contributed by atoms with van der Waals surface area (Å²) in [5.41, 5.74) is 4.25. The number of nitriles is 1. The van der Waals surface area contributed by atoms with Crippen molar-refractivity contribution in [2.45, 2.75) is 11.4 Å². The highest BCUT2D eigenvalue weighted by Crippen LogP contribution is 2.30. The smallest absolute Gasteiger partial charge is 0.273 e. The highest BCUT2D eigenvalue weighted by Gasteiger charge is 2.28. The van der Waals surface area contributed by atoms with E-state index in [-0.39, 0.29) is 29.3 Å². The zero-order valence-electron chi connectivity index (χ0n) is 21.6. The molecule has 1 amide bonds. The van der Waals surface area contributed by atoms with Crippen molar-refractivity contribution in [1.29, 1.82) is 5.26 Å². The fourth-order valence-corrected chi connectivity index (χ4v) is 5.27. The van der Waals surface area contributed by atoms with E-state index < -0.39 is 15.9 Å². The number of carbonyl (C=O) groups excluding carboxylic acids is 1. The molecule has 0 heterocycles. The fourth-order valence-electron chi connectivity index (χ4n) is 3.80. The summed E-state index contributed by atoms with van der Waals surface area (Å²) in [6.07, 6.45) is 1.45. The molecular weight excluding hydrogens is 528 g/mol. The molecule has 0 unspecified atom stereocenters. The first-order chi connectivity index (χ1) is 19.4. The molecule has 0 atom stereocenters. The molecule has 1 N–H and O–H groups in total. The van der Waals surface area contributed by atoms with Crippen molar-refractivity contribution in [3.8, 4) is 17.6 Å².